The van der Waals surface area contributed by atoms with Crippen LogP contribution in [-0.4, -0.2) is 41.7 Å². The van der Waals surface area contributed by atoms with E-state index in [1.54, 1.807) is 39.0 Å². The fourth-order valence-electron chi connectivity index (χ4n) is 1.77. The van der Waals surface area contributed by atoms with Crippen LogP contribution >= 0.6 is 0 Å². The molecule has 2 atom stereocenters. The van der Waals surface area contributed by atoms with Crippen molar-refractivity contribution in [2.24, 2.45) is 0 Å². The van der Waals surface area contributed by atoms with Crippen molar-refractivity contribution in [3.63, 3.8) is 0 Å². The Balaban J connectivity index is 2.62. The maximum atomic E-state index is 11.5. The van der Waals surface area contributed by atoms with E-state index in [1.807, 2.05) is 0 Å². The first-order chi connectivity index (χ1) is 10.1. The summed E-state index contributed by atoms with van der Waals surface area (Å²) in [6, 6.07) is 4.74. The Morgan fingerprint density at radius 1 is 1.36 bits per heavy atom. The Morgan fingerprint density at radius 3 is 2.50 bits per heavy atom. The number of carbonyl (C=O) groups excluding carboxylic acids is 1. The molecule has 0 fully saturated rings. The molecular formula is C15H24N2O5. The van der Waals surface area contributed by atoms with Gasteiger partial charge in [0, 0.05) is 23.9 Å². The first kappa shape index (κ1) is 18.1. The zero-order valence-corrected chi connectivity index (χ0v) is 13.3. The van der Waals surface area contributed by atoms with Crippen molar-refractivity contribution >= 4 is 11.8 Å². The molecule has 0 aliphatic heterocycles. The van der Waals surface area contributed by atoms with Crippen molar-refractivity contribution in [2.75, 3.05) is 19.4 Å². The minimum atomic E-state index is -1.24. The number of anilines is 1. The number of benzene rings is 1. The third kappa shape index (κ3) is 5.42. The largest absolute Gasteiger partial charge is 0.497 e. The summed E-state index contributed by atoms with van der Waals surface area (Å²) >= 11 is 0. The predicted octanol–water partition coefficient (Wildman–Crippen LogP) is 1.20. The van der Waals surface area contributed by atoms with E-state index in [0.29, 0.717) is 17.0 Å². The van der Waals surface area contributed by atoms with Gasteiger partial charge >= 0.3 is 6.09 Å². The number of nitrogens with one attached hydrogen (secondary N) is 1. The summed E-state index contributed by atoms with van der Waals surface area (Å²) in [4.78, 5) is 11.5. The number of alkyl carbamates (subject to hydrolysis) is 1. The third-order valence-corrected chi connectivity index (χ3v) is 2.83. The molecule has 1 aromatic rings. The number of nitrogen functional groups attached to an aromatic ring is 1. The molecular weight excluding hydrogens is 288 g/mol. The van der Waals surface area contributed by atoms with Crippen LogP contribution in [0.4, 0.5) is 10.5 Å². The zero-order chi connectivity index (χ0) is 16.9. The molecule has 22 heavy (non-hydrogen) atoms. The third-order valence-electron chi connectivity index (χ3n) is 2.83. The van der Waals surface area contributed by atoms with Crippen molar-refractivity contribution in [3.05, 3.63) is 23.8 Å². The highest BCUT2D eigenvalue weighted by atomic mass is 16.6. The number of rotatable bonds is 5. The summed E-state index contributed by atoms with van der Waals surface area (Å²) in [5, 5.41) is 22.5. The van der Waals surface area contributed by atoms with Crippen LogP contribution in [0.2, 0.25) is 0 Å². The molecule has 7 nitrogen and oxygen atoms in total. The Labute approximate surface area is 130 Å². The molecule has 0 aliphatic rings. The molecule has 1 amide bonds. The standard InChI is InChI=1S/C15H24N2O5/c1-15(2,3)22-14(20)17-8-12(18)13(19)10-6-5-9(21-4)7-11(10)16/h5-7,12-13,18-19H,8,16H2,1-4H3,(H,17,20). The summed E-state index contributed by atoms with van der Waals surface area (Å²) in [5.41, 5.74) is 5.84. The van der Waals surface area contributed by atoms with Gasteiger partial charge in [-0.1, -0.05) is 6.07 Å². The highest BCUT2D eigenvalue weighted by Gasteiger charge is 2.23. The van der Waals surface area contributed by atoms with Crippen molar-refractivity contribution in [2.45, 2.75) is 38.6 Å². The number of hydrogen-bond donors (Lipinski definition) is 4. The average molecular weight is 312 g/mol. The minimum Gasteiger partial charge on any atom is -0.497 e. The van der Waals surface area contributed by atoms with Crippen LogP contribution in [0.15, 0.2) is 18.2 Å². The smallest absolute Gasteiger partial charge is 0.407 e. The minimum absolute atomic E-state index is 0.165. The van der Waals surface area contributed by atoms with Crippen LogP contribution in [0.1, 0.15) is 32.4 Å². The second-order valence-electron chi connectivity index (χ2n) is 5.89. The van der Waals surface area contributed by atoms with Crippen molar-refractivity contribution in [3.8, 4) is 5.75 Å². The van der Waals surface area contributed by atoms with Gasteiger partial charge in [-0.3, -0.25) is 0 Å². The van der Waals surface area contributed by atoms with E-state index in [-0.39, 0.29) is 6.54 Å². The van der Waals surface area contributed by atoms with Crippen LogP contribution in [0.5, 0.6) is 5.75 Å². The van der Waals surface area contributed by atoms with E-state index in [1.165, 1.54) is 7.11 Å². The lowest BCUT2D eigenvalue weighted by Gasteiger charge is -2.23. The lowest BCUT2D eigenvalue weighted by molar-refractivity contribution is 0.0133. The van der Waals surface area contributed by atoms with Gasteiger partial charge in [0.2, 0.25) is 0 Å². The predicted molar refractivity (Wildman–Crippen MR) is 82.6 cm³/mol. The van der Waals surface area contributed by atoms with E-state index in [4.69, 9.17) is 15.2 Å². The Morgan fingerprint density at radius 2 is 2.00 bits per heavy atom. The number of carbonyl (C=O) groups is 1. The quantitative estimate of drug-likeness (QED) is 0.607. The van der Waals surface area contributed by atoms with E-state index in [0.717, 1.165) is 0 Å². The van der Waals surface area contributed by atoms with Gasteiger partial charge in [0.15, 0.2) is 0 Å². The molecule has 0 saturated carbocycles. The van der Waals surface area contributed by atoms with Crippen LogP contribution in [-0.2, 0) is 4.74 Å². The number of hydrogen-bond acceptors (Lipinski definition) is 6. The Hall–Kier alpha value is -1.99. The molecule has 0 saturated heterocycles. The molecule has 124 valence electrons. The fraction of sp³-hybridized carbons (Fsp3) is 0.533. The van der Waals surface area contributed by atoms with Gasteiger partial charge < -0.3 is 30.7 Å². The van der Waals surface area contributed by atoms with Gasteiger partial charge in [0.05, 0.1) is 7.11 Å². The van der Waals surface area contributed by atoms with E-state index < -0.39 is 23.9 Å². The Bertz CT molecular complexity index is 513. The second-order valence-corrected chi connectivity index (χ2v) is 5.89. The summed E-state index contributed by atoms with van der Waals surface area (Å²) < 4.78 is 10.1. The van der Waals surface area contributed by atoms with Crippen molar-refractivity contribution < 1.29 is 24.5 Å². The summed E-state index contributed by atoms with van der Waals surface area (Å²) in [6.45, 7) is 5.03. The first-order valence-electron chi connectivity index (χ1n) is 6.90. The number of methoxy groups -OCH3 is 1. The SMILES string of the molecule is COc1ccc(C(O)C(O)CNC(=O)OC(C)(C)C)c(N)c1. The lowest BCUT2D eigenvalue weighted by atomic mass is 10.0. The van der Waals surface area contributed by atoms with E-state index >= 15 is 0 Å². The lowest BCUT2D eigenvalue weighted by Crippen LogP contribution is -2.39. The van der Waals surface area contributed by atoms with Crippen molar-refractivity contribution in [1.82, 2.24) is 5.32 Å². The molecule has 0 aliphatic carbocycles. The monoisotopic (exact) mass is 312 g/mol. The normalized spacial score (nSPS) is 14.1. The molecule has 2 unspecified atom stereocenters. The topological polar surface area (TPSA) is 114 Å². The van der Waals surface area contributed by atoms with Crippen LogP contribution in [0.3, 0.4) is 0 Å². The van der Waals surface area contributed by atoms with Gasteiger partial charge in [0.1, 0.15) is 23.6 Å². The van der Waals surface area contributed by atoms with Crippen LogP contribution in [0.25, 0.3) is 0 Å². The highest BCUT2D eigenvalue weighted by Crippen LogP contribution is 2.27. The molecule has 7 heteroatoms. The molecule has 0 radical (unpaired) electrons. The Kier molecular flexibility index (Phi) is 6.01. The fourth-order valence-corrected chi connectivity index (χ4v) is 1.77. The van der Waals surface area contributed by atoms with Gasteiger partial charge in [-0.25, -0.2) is 4.79 Å². The first-order valence-corrected chi connectivity index (χ1v) is 6.90. The summed E-state index contributed by atoms with van der Waals surface area (Å²) in [5.74, 6) is 0.551. The van der Waals surface area contributed by atoms with Crippen molar-refractivity contribution in [1.29, 1.82) is 0 Å². The maximum Gasteiger partial charge on any atom is 0.407 e. The van der Waals surface area contributed by atoms with Gasteiger partial charge in [0.25, 0.3) is 0 Å². The number of amides is 1. The highest BCUT2D eigenvalue weighted by molar-refractivity contribution is 5.67. The summed E-state index contributed by atoms with van der Waals surface area (Å²) in [7, 11) is 1.50. The van der Waals surface area contributed by atoms with E-state index in [2.05, 4.69) is 5.32 Å². The molecule has 0 aromatic heterocycles. The number of ether oxygens (including phenoxy) is 2. The molecule has 0 spiro atoms. The molecule has 5 N–H and O–H groups in total. The van der Waals surface area contributed by atoms with Gasteiger partial charge in [-0.15, -0.1) is 0 Å². The summed E-state index contributed by atoms with van der Waals surface area (Å²) in [6.07, 6.45) is -3.12. The van der Waals surface area contributed by atoms with Gasteiger partial charge in [-0.2, -0.15) is 0 Å². The second kappa shape index (κ2) is 7.33. The molecule has 1 aromatic carbocycles. The number of nitrogens with two attached hydrogens (primary N) is 1. The number of aliphatic hydroxyl groups is 2. The van der Waals surface area contributed by atoms with E-state index in [9.17, 15) is 15.0 Å². The van der Waals surface area contributed by atoms with Crippen LogP contribution < -0.4 is 15.8 Å². The molecule has 1 rings (SSSR count). The average Bonchev–Trinajstić information content (AvgIpc) is 2.42. The maximum absolute atomic E-state index is 11.5. The van der Waals surface area contributed by atoms with Crippen LogP contribution in [0, 0.1) is 0 Å². The van der Waals surface area contributed by atoms with Gasteiger partial charge in [-0.05, 0) is 26.8 Å². The number of aliphatic hydroxyl groups excluding tert-OH is 2. The molecule has 0 bridgehead atoms. The zero-order valence-electron chi connectivity index (χ0n) is 13.3. The molecule has 0 heterocycles.